The molecule has 0 aliphatic rings. The Bertz CT molecular complexity index is 510. The van der Waals surface area contributed by atoms with Crippen LogP contribution in [0.5, 0.6) is 11.5 Å². The van der Waals surface area contributed by atoms with E-state index in [9.17, 15) is 8.78 Å². The van der Waals surface area contributed by atoms with Gasteiger partial charge in [0.1, 0.15) is 0 Å². The molecule has 5 nitrogen and oxygen atoms in total. The first-order valence-corrected chi connectivity index (χ1v) is 6.55. The first-order chi connectivity index (χ1) is 9.92. The maximum atomic E-state index is 12.2. The van der Waals surface area contributed by atoms with E-state index < -0.39 is 6.61 Å². The predicted molar refractivity (Wildman–Crippen MR) is 81.2 cm³/mol. The summed E-state index contributed by atoms with van der Waals surface area (Å²) in [6.45, 7) is 0.994. The van der Waals surface area contributed by atoms with Crippen molar-refractivity contribution in [3.8, 4) is 11.5 Å². The van der Waals surface area contributed by atoms with Gasteiger partial charge in [-0.3, -0.25) is 5.43 Å². The summed E-state index contributed by atoms with van der Waals surface area (Å²) in [5, 5.41) is 7.29. The number of hydrogen-bond donors (Lipinski definition) is 2. The van der Waals surface area contributed by atoms with Gasteiger partial charge in [-0.05, 0) is 49.8 Å². The Morgan fingerprint density at radius 3 is 2.62 bits per heavy atom. The summed E-state index contributed by atoms with van der Waals surface area (Å²) in [5.74, 6) is 0.164. The summed E-state index contributed by atoms with van der Waals surface area (Å²) in [7, 11) is 1.37. The van der Waals surface area contributed by atoms with E-state index in [1.807, 2.05) is 13.8 Å². The molecule has 0 amide bonds. The van der Waals surface area contributed by atoms with Crippen LogP contribution in [0.2, 0.25) is 0 Å². The van der Waals surface area contributed by atoms with E-state index in [1.165, 1.54) is 25.5 Å². The fraction of sp³-hybridized carbons (Fsp3) is 0.385. The van der Waals surface area contributed by atoms with Gasteiger partial charge in [-0.15, -0.1) is 0 Å². The van der Waals surface area contributed by atoms with Crippen LogP contribution in [0.3, 0.4) is 0 Å². The molecule has 0 aromatic heterocycles. The molecule has 2 N–H and O–H groups in total. The number of hydrazone groups is 1. The van der Waals surface area contributed by atoms with E-state index in [1.54, 1.807) is 6.07 Å². The average Bonchev–Trinajstić information content (AvgIpc) is 2.38. The van der Waals surface area contributed by atoms with Gasteiger partial charge < -0.3 is 14.8 Å². The number of halogens is 2. The average molecular weight is 317 g/mol. The van der Waals surface area contributed by atoms with E-state index >= 15 is 0 Å². The van der Waals surface area contributed by atoms with E-state index in [0.29, 0.717) is 10.7 Å². The van der Waals surface area contributed by atoms with E-state index in [4.69, 9.17) is 17.0 Å². The van der Waals surface area contributed by atoms with Crippen molar-refractivity contribution in [2.45, 2.75) is 26.5 Å². The minimum Gasteiger partial charge on any atom is -0.493 e. The first kappa shape index (κ1) is 17.1. The number of nitrogens with zero attached hydrogens (tertiary/aromatic N) is 1. The SMILES string of the molecule is COc1cc(C=NNC(=S)NC(C)C)ccc1OC(F)F. The van der Waals surface area contributed by atoms with Crippen molar-refractivity contribution in [1.29, 1.82) is 0 Å². The molecular weight excluding hydrogens is 300 g/mol. The van der Waals surface area contributed by atoms with Crippen molar-refractivity contribution >= 4 is 23.5 Å². The minimum absolute atomic E-state index is 0.0328. The fourth-order valence-corrected chi connectivity index (χ4v) is 1.71. The van der Waals surface area contributed by atoms with Crippen LogP contribution in [0.4, 0.5) is 8.78 Å². The molecule has 0 radical (unpaired) electrons. The van der Waals surface area contributed by atoms with Crippen LogP contribution in [-0.2, 0) is 0 Å². The molecule has 0 saturated heterocycles. The lowest BCUT2D eigenvalue weighted by molar-refractivity contribution is -0.0512. The molecule has 1 aromatic carbocycles. The number of alkyl halides is 2. The lowest BCUT2D eigenvalue weighted by Crippen LogP contribution is -2.36. The highest BCUT2D eigenvalue weighted by molar-refractivity contribution is 7.80. The number of rotatable bonds is 6. The van der Waals surface area contributed by atoms with Crippen LogP contribution in [0, 0.1) is 0 Å². The summed E-state index contributed by atoms with van der Waals surface area (Å²) in [6.07, 6.45) is 1.49. The molecule has 0 saturated carbocycles. The highest BCUT2D eigenvalue weighted by Crippen LogP contribution is 2.28. The molecule has 0 heterocycles. The summed E-state index contributed by atoms with van der Waals surface area (Å²) < 4.78 is 33.7. The molecular formula is C13H17F2N3O2S. The molecule has 0 bridgehead atoms. The molecule has 1 rings (SSSR count). The molecule has 0 atom stereocenters. The van der Waals surface area contributed by atoms with Crippen molar-refractivity contribution in [3.05, 3.63) is 23.8 Å². The van der Waals surface area contributed by atoms with E-state index in [-0.39, 0.29) is 17.5 Å². The van der Waals surface area contributed by atoms with Crippen molar-refractivity contribution < 1.29 is 18.3 Å². The number of hydrogen-bond acceptors (Lipinski definition) is 4. The Hall–Kier alpha value is -1.96. The second-order valence-corrected chi connectivity index (χ2v) is 4.70. The zero-order valence-electron chi connectivity index (χ0n) is 11.9. The number of benzene rings is 1. The second kappa shape index (κ2) is 8.35. The molecule has 21 heavy (non-hydrogen) atoms. The van der Waals surface area contributed by atoms with Gasteiger partial charge in [-0.1, -0.05) is 0 Å². The van der Waals surface area contributed by atoms with Crippen LogP contribution in [-0.4, -0.2) is 31.1 Å². The third-order valence-electron chi connectivity index (χ3n) is 2.20. The third kappa shape index (κ3) is 6.35. The zero-order chi connectivity index (χ0) is 15.8. The smallest absolute Gasteiger partial charge is 0.387 e. The summed E-state index contributed by atoms with van der Waals surface area (Å²) in [5.41, 5.74) is 3.29. The molecule has 1 aromatic rings. The molecule has 0 fully saturated rings. The molecule has 116 valence electrons. The number of methoxy groups -OCH3 is 1. The van der Waals surface area contributed by atoms with Crippen LogP contribution in [0.1, 0.15) is 19.4 Å². The van der Waals surface area contributed by atoms with Crippen LogP contribution in [0.25, 0.3) is 0 Å². The third-order valence-corrected chi connectivity index (χ3v) is 2.41. The Morgan fingerprint density at radius 1 is 1.33 bits per heavy atom. The fourth-order valence-electron chi connectivity index (χ4n) is 1.42. The number of thiocarbonyl (C=S) groups is 1. The lowest BCUT2D eigenvalue weighted by atomic mass is 10.2. The van der Waals surface area contributed by atoms with Crippen molar-refractivity contribution in [3.63, 3.8) is 0 Å². The van der Waals surface area contributed by atoms with Gasteiger partial charge in [-0.2, -0.15) is 13.9 Å². The van der Waals surface area contributed by atoms with Crippen LogP contribution >= 0.6 is 12.2 Å². The Balaban J connectivity index is 2.69. The largest absolute Gasteiger partial charge is 0.493 e. The highest BCUT2D eigenvalue weighted by atomic mass is 32.1. The number of nitrogens with one attached hydrogen (secondary N) is 2. The predicted octanol–water partition coefficient (Wildman–Crippen LogP) is 2.50. The monoisotopic (exact) mass is 317 g/mol. The topological polar surface area (TPSA) is 54.9 Å². The van der Waals surface area contributed by atoms with Gasteiger partial charge in [0.05, 0.1) is 13.3 Å². The van der Waals surface area contributed by atoms with E-state index in [2.05, 4.69) is 20.6 Å². The zero-order valence-corrected chi connectivity index (χ0v) is 12.7. The van der Waals surface area contributed by atoms with Crippen molar-refractivity contribution in [2.24, 2.45) is 5.10 Å². The van der Waals surface area contributed by atoms with Crippen LogP contribution < -0.4 is 20.2 Å². The first-order valence-electron chi connectivity index (χ1n) is 6.14. The minimum atomic E-state index is -2.90. The summed E-state index contributed by atoms with van der Waals surface area (Å²) in [6, 6.07) is 4.69. The Kier molecular flexibility index (Phi) is 6.80. The standard InChI is InChI=1S/C13H17F2N3O2S/c1-8(2)17-13(21)18-16-7-9-4-5-10(20-12(14)15)11(6-9)19-3/h4-8,12H,1-3H3,(H2,17,18,21). The van der Waals surface area contributed by atoms with Gasteiger partial charge in [0.2, 0.25) is 0 Å². The summed E-state index contributed by atoms with van der Waals surface area (Å²) in [4.78, 5) is 0. The van der Waals surface area contributed by atoms with Crippen molar-refractivity contribution in [2.75, 3.05) is 7.11 Å². The molecule has 0 aliphatic carbocycles. The summed E-state index contributed by atoms with van der Waals surface area (Å²) >= 11 is 5.00. The molecule has 0 aliphatic heterocycles. The van der Waals surface area contributed by atoms with Crippen LogP contribution in [0.15, 0.2) is 23.3 Å². The van der Waals surface area contributed by atoms with Gasteiger partial charge in [0.25, 0.3) is 0 Å². The Labute approximate surface area is 127 Å². The maximum absolute atomic E-state index is 12.2. The van der Waals surface area contributed by atoms with Gasteiger partial charge in [-0.25, -0.2) is 0 Å². The Morgan fingerprint density at radius 2 is 2.05 bits per heavy atom. The van der Waals surface area contributed by atoms with Gasteiger partial charge >= 0.3 is 6.61 Å². The van der Waals surface area contributed by atoms with Crippen molar-refractivity contribution in [1.82, 2.24) is 10.7 Å². The van der Waals surface area contributed by atoms with Gasteiger partial charge in [0, 0.05) is 6.04 Å². The normalized spacial score (nSPS) is 11.0. The maximum Gasteiger partial charge on any atom is 0.387 e. The highest BCUT2D eigenvalue weighted by Gasteiger charge is 2.10. The molecule has 8 heteroatoms. The number of ether oxygens (including phenoxy) is 2. The lowest BCUT2D eigenvalue weighted by Gasteiger charge is -2.10. The van der Waals surface area contributed by atoms with E-state index in [0.717, 1.165) is 0 Å². The molecule has 0 spiro atoms. The quantitative estimate of drug-likeness (QED) is 0.480. The van der Waals surface area contributed by atoms with Gasteiger partial charge in [0.15, 0.2) is 16.6 Å². The molecule has 0 unspecified atom stereocenters. The second-order valence-electron chi connectivity index (χ2n) is 4.29.